The highest BCUT2D eigenvalue weighted by Gasteiger charge is 2.11. The van der Waals surface area contributed by atoms with E-state index in [1.54, 1.807) is 11.8 Å². The average Bonchev–Trinajstić information content (AvgIpc) is 2.44. The van der Waals surface area contributed by atoms with Gasteiger partial charge < -0.3 is 10.4 Å². The predicted octanol–water partition coefficient (Wildman–Crippen LogP) is 2.79. The zero-order valence-electron chi connectivity index (χ0n) is 11.9. The number of amides is 1. The first-order chi connectivity index (χ1) is 9.93. The van der Waals surface area contributed by atoms with Crippen LogP contribution in [0.5, 0.6) is 0 Å². The van der Waals surface area contributed by atoms with E-state index in [1.165, 1.54) is 18.2 Å². The largest absolute Gasteiger partial charge is 0.478 e. The van der Waals surface area contributed by atoms with Crippen molar-refractivity contribution >= 4 is 29.7 Å². The zero-order valence-corrected chi connectivity index (χ0v) is 12.7. The Morgan fingerprint density at radius 1 is 1.48 bits per heavy atom. The van der Waals surface area contributed by atoms with Crippen LogP contribution in [0.15, 0.2) is 24.3 Å². The zero-order chi connectivity index (χ0) is 15.8. The van der Waals surface area contributed by atoms with Crippen LogP contribution in [0.25, 0.3) is 6.08 Å². The molecule has 4 nitrogen and oxygen atoms in total. The minimum atomic E-state index is -1.11. The molecule has 0 fully saturated rings. The molecule has 0 aliphatic carbocycles. The van der Waals surface area contributed by atoms with E-state index in [4.69, 9.17) is 5.11 Å². The molecule has 114 valence electrons. The first kappa shape index (κ1) is 17.2. The molecule has 1 unspecified atom stereocenters. The smallest absolute Gasteiger partial charge is 0.328 e. The second-order valence-corrected chi connectivity index (χ2v) is 5.78. The summed E-state index contributed by atoms with van der Waals surface area (Å²) >= 11 is 1.70. The number of aliphatic carboxylic acids is 1. The van der Waals surface area contributed by atoms with Crippen LogP contribution in [-0.2, 0) is 4.79 Å². The van der Waals surface area contributed by atoms with Crippen molar-refractivity contribution in [3.05, 3.63) is 41.2 Å². The molecule has 1 rings (SSSR count). The fourth-order valence-corrected chi connectivity index (χ4v) is 1.94. The van der Waals surface area contributed by atoms with Gasteiger partial charge in [-0.15, -0.1) is 0 Å². The summed E-state index contributed by atoms with van der Waals surface area (Å²) in [7, 11) is 0. The molecule has 1 atom stereocenters. The van der Waals surface area contributed by atoms with E-state index in [-0.39, 0.29) is 5.56 Å². The van der Waals surface area contributed by atoms with Gasteiger partial charge in [0.25, 0.3) is 5.91 Å². The molecule has 1 aromatic rings. The molecule has 1 aromatic carbocycles. The Hall–Kier alpha value is -1.82. The molecule has 0 radical (unpaired) electrons. The minimum Gasteiger partial charge on any atom is -0.478 e. The molecule has 1 amide bonds. The summed E-state index contributed by atoms with van der Waals surface area (Å²) in [6, 6.07) is 3.99. The van der Waals surface area contributed by atoms with Gasteiger partial charge in [-0.1, -0.05) is 13.0 Å². The van der Waals surface area contributed by atoms with E-state index < -0.39 is 17.7 Å². The molecule has 0 heterocycles. The Labute approximate surface area is 127 Å². The number of carboxylic acid groups (broad SMARTS) is 1. The second-order valence-electron chi connectivity index (χ2n) is 4.50. The van der Waals surface area contributed by atoms with Crippen molar-refractivity contribution in [1.82, 2.24) is 5.32 Å². The first-order valence-electron chi connectivity index (χ1n) is 6.45. The van der Waals surface area contributed by atoms with Crippen LogP contribution < -0.4 is 5.32 Å². The molecule has 0 aliphatic rings. The van der Waals surface area contributed by atoms with Crippen molar-refractivity contribution in [1.29, 1.82) is 0 Å². The lowest BCUT2D eigenvalue weighted by molar-refractivity contribution is -0.131. The summed E-state index contributed by atoms with van der Waals surface area (Å²) in [5, 5.41) is 11.6. The predicted molar refractivity (Wildman–Crippen MR) is 83.0 cm³/mol. The van der Waals surface area contributed by atoms with E-state index in [0.29, 0.717) is 17.4 Å². The van der Waals surface area contributed by atoms with Crippen molar-refractivity contribution in [3.63, 3.8) is 0 Å². The second kappa shape index (κ2) is 8.46. The van der Waals surface area contributed by atoms with Crippen molar-refractivity contribution in [3.8, 4) is 0 Å². The number of carbonyl (C=O) groups is 2. The van der Waals surface area contributed by atoms with Crippen LogP contribution in [0.4, 0.5) is 4.39 Å². The fourth-order valence-electron chi connectivity index (χ4n) is 1.59. The van der Waals surface area contributed by atoms with E-state index in [0.717, 1.165) is 18.6 Å². The summed E-state index contributed by atoms with van der Waals surface area (Å²) in [6.45, 7) is 2.54. The van der Waals surface area contributed by atoms with Crippen LogP contribution in [0.2, 0.25) is 0 Å². The Kier molecular flexibility index (Phi) is 6.94. The quantitative estimate of drug-likeness (QED) is 0.760. The molecule has 21 heavy (non-hydrogen) atoms. The lowest BCUT2D eigenvalue weighted by Gasteiger charge is -2.09. The topological polar surface area (TPSA) is 66.4 Å². The standard InChI is InChI=1S/C15H18FNO3S/c1-10(21-2)7-8-17-15(20)12-5-3-11(9-13(12)16)4-6-14(18)19/h3-6,9-10H,7-8H2,1-2H3,(H,17,20)(H,18,19)/b6-4+. The highest BCUT2D eigenvalue weighted by molar-refractivity contribution is 7.99. The van der Waals surface area contributed by atoms with Crippen molar-refractivity contribution in [2.24, 2.45) is 0 Å². The van der Waals surface area contributed by atoms with Crippen molar-refractivity contribution < 1.29 is 19.1 Å². The summed E-state index contributed by atoms with van der Waals surface area (Å²) in [6.07, 6.45) is 5.00. The molecule has 0 saturated carbocycles. The number of hydrogen-bond acceptors (Lipinski definition) is 3. The van der Waals surface area contributed by atoms with E-state index in [2.05, 4.69) is 12.2 Å². The third-order valence-electron chi connectivity index (χ3n) is 2.89. The van der Waals surface area contributed by atoms with Crippen molar-refractivity contribution in [2.75, 3.05) is 12.8 Å². The molecule has 2 N–H and O–H groups in total. The molecule has 0 saturated heterocycles. The highest BCUT2D eigenvalue weighted by atomic mass is 32.2. The van der Waals surface area contributed by atoms with E-state index >= 15 is 0 Å². The normalized spacial score (nSPS) is 12.3. The molecule has 0 spiro atoms. The SMILES string of the molecule is CSC(C)CCNC(=O)c1ccc(/C=C/C(=O)O)cc1F. The fraction of sp³-hybridized carbons (Fsp3) is 0.333. The first-order valence-corrected chi connectivity index (χ1v) is 7.74. The van der Waals surface area contributed by atoms with Gasteiger partial charge in [0.15, 0.2) is 0 Å². The maximum Gasteiger partial charge on any atom is 0.328 e. The molecule has 6 heteroatoms. The summed E-state index contributed by atoms with van der Waals surface area (Å²) < 4.78 is 13.8. The van der Waals surface area contributed by atoms with Gasteiger partial charge in [0.05, 0.1) is 5.56 Å². The van der Waals surface area contributed by atoms with Crippen LogP contribution in [-0.4, -0.2) is 35.0 Å². The Morgan fingerprint density at radius 2 is 2.19 bits per heavy atom. The van der Waals surface area contributed by atoms with Crippen LogP contribution in [0.1, 0.15) is 29.3 Å². The van der Waals surface area contributed by atoms with Crippen molar-refractivity contribution in [2.45, 2.75) is 18.6 Å². The third kappa shape index (κ3) is 5.99. The number of rotatable bonds is 7. The van der Waals surface area contributed by atoms with Gasteiger partial charge in [-0.2, -0.15) is 11.8 Å². The number of benzene rings is 1. The number of halogens is 1. The number of hydrogen-bond donors (Lipinski definition) is 2. The van der Waals surface area contributed by atoms with Crippen LogP contribution >= 0.6 is 11.8 Å². The van der Waals surface area contributed by atoms with Crippen LogP contribution in [0.3, 0.4) is 0 Å². The number of carboxylic acids is 1. The number of carbonyl (C=O) groups excluding carboxylic acids is 1. The minimum absolute atomic E-state index is 0.0423. The number of thioether (sulfide) groups is 1. The van der Waals surface area contributed by atoms with E-state index in [1.807, 2.05) is 6.26 Å². The van der Waals surface area contributed by atoms with Crippen LogP contribution in [0, 0.1) is 5.82 Å². The summed E-state index contributed by atoms with van der Waals surface area (Å²) in [5.41, 5.74) is 0.349. The Morgan fingerprint density at radius 3 is 2.76 bits per heavy atom. The highest BCUT2D eigenvalue weighted by Crippen LogP contribution is 2.12. The molecule has 0 aromatic heterocycles. The van der Waals surface area contributed by atoms with Gasteiger partial charge in [0, 0.05) is 17.9 Å². The van der Waals surface area contributed by atoms with Gasteiger partial charge in [-0.05, 0) is 36.4 Å². The number of nitrogens with one attached hydrogen (secondary N) is 1. The third-order valence-corrected chi connectivity index (χ3v) is 3.94. The Bertz CT molecular complexity index is 546. The van der Waals surface area contributed by atoms with E-state index in [9.17, 15) is 14.0 Å². The van der Waals surface area contributed by atoms with Gasteiger partial charge in [0.1, 0.15) is 5.82 Å². The Balaban J connectivity index is 2.67. The summed E-state index contributed by atoms with van der Waals surface area (Å²) in [4.78, 5) is 22.2. The lowest BCUT2D eigenvalue weighted by atomic mass is 10.1. The molecule has 0 bridgehead atoms. The maximum absolute atomic E-state index is 13.8. The summed E-state index contributed by atoms with van der Waals surface area (Å²) in [5.74, 6) is -2.24. The van der Waals surface area contributed by atoms with Gasteiger partial charge >= 0.3 is 5.97 Å². The van der Waals surface area contributed by atoms with Gasteiger partial charge in [0.2, 0.25) is 0 Å². The lowest BCUT2D eigenvalue weighted by Crippen LogP contribution is -2.26. The van der Waals surface area contributed by atoms with Gasteiger partial charge in [-0.3, -0.25) is 4.79 Å². The van der Waals surface area contributed by atoms with Gasteiger partial charge in [-0.25, -0.2) is 9.18 Å². The maximum atomic E-state index is 13.8. The average molecular weight is 311 g/mol. The molecule has 0 aliphatic heterocycles. The molecular formula is C15H18FNO3S. The monoisotopic (exact) mass is 311 g/mol. The molecular weight excluding hydrogens is 293 g/mol.